The quantitative estimate of drug-likeness (QED) is 0.438. The normalized spacial score (nSPS) is 29.6. The summed E-state index contributed by atoms with van der Waals surface area (Å²) in [6, 6.07) is 0. The lowest BCUT2D eigenvalue weighted by Crippen LogP contribution is -2.18. The van der Waals surface area contributed by atoms with Crippen LogP contribution in [-0.2, 0) is 9.53 Å². The van der Waals surface area contributed by atoms with Gasteiger partial charge in [0, 0.05) is 6.42 Å². The highest BCUT2D eigenvalue weighted by molar-refractivity contribution is 5.70. The Balaban J connectivity index is 2.34. The highest BCUT2D eigenvalue weighted by Crippen LogP contribution is 2.13. The van der Waals surface area contributed by atoms with Crippen LogP contribution < -0.4 is 0 Å². The van der Waals surface area contributed by atoms with Crippen molar-refractivity contribution in [2.45, 2.75) is 19.8 Å². The number of cyclic esters (lactones) is 1. The minimum Gasteiger partial charge on any atom is -0.466 e. The van der Waals surface area contributed by atoms with Crippen LogP contribution in [0.15, 0.2) is 0 Å². The monoisotopic (exact) mass is 114 g/mol. The average molecular weight is 114 g/mol. The van der Waals surface area contributed by atoms with Gasteiger partial charge < -0.3 is 4.74 Å². The van der Waals surface area contributed by atoms with E-state index >= 15 is 0 Å². The van der Waals surface area contributed by atoms with Crippen molar-refractivity contribution in [3.63, 3.8) is 0 Å². The summed E-state index contributed by atoms with van der Waals surface area (Å²) in [5.41, 5.74) is 0. The molecule has 0 aromatic rings. The molecule has 1 aliphatic heterocycles. The van der Waals surface area contributed by atoms with Crippen LogP contribution in [0.1, 0.15) is 19.8 Å². The molecule has 2 heteroatoms. The van der Waals surface area contributed by atoms with Gasteiger partial charge in [0.05, 0.1) is 6.61 Å². The summed E-state index contributed by atoms with van der Waals surface area (Å²) in [5.74, 6) is 0.500. The molecule has 1 rings (SSSR count). The van der Waals surface area contributed by atoms with Gasteiger partial charge in [-0.2, -0.15) is 0 Å². The Kier molecular flexibility index (Phi) is 1.51. The van der Waals surface area contributed by atoms with Gasteiger partial charge in [-0.3, -0.25) is 4.79 Å². The van der Waals surface area contributed by atoms with E-state index in [1.165, 1.54) is 0 Å². The van der Waals surface area contributed by atoms with Gasteiger partial charge >= 0.3 is 5.97 Å². The summed E-state index contributed by atoms with van der Waals surface area (Å²) in [7, 11) is 0. The van der Waals surface area contributed by atoms with Gasteiger partial charge in [-0.25, -0.2) is 0 Å². The SMILES string of the molecule is C[C@@H]1CCOC(=O)C1. The average Bonchev–Trinajstić information content (AvgIpc) is 1.64. The van der Waals surface area contributed by atoms with Crippen LogP contribution in [0.5, 0.6) is 0 Å². The third-order valence-corrected chi connectivity index (χ3v) is 1.39. The molecule has 1 heterocycles. The van der Waals surface area contributed by atoms with Crippen molar-refractivity contribution in [3.05, 3.63) is 0 Å². The van der Waals surface area contributed by atoms with E-state index in [0.717, 1.165) is 6.42 Å². The Labute approximate surface area is 48.8 Å². The van der Waals surface area contributed by atoms with E-state index in [1.54, 1.807) is 0 Å². The number of hydrogen-bond acceptors (Lipinski definition) is 2. The van der Waals surface area contributed by atoms with Crippen LogP contribution in [0.3, 0.4) is 0 Å². The van der Waals surface area contributed by atoms with Crippen molar-refractivity contribution in [2.24, 2.45) is 5.92 Å². The van der Waals surface area contributed by atoms with Crippen molar-refractivity contribution in [1.29, 1.82) is 0 Å². The molecule has 1 fully saturated rings. The second-order valence-corrected chi connectivity index (χ2v) is 2.32. The highest BCUT2D eigenvalue weighted by Gasteiger charge is 2.15. The minimum absolute atomic E-state index is 0.0382. The molecule has 1 atom stereocenters. The van der Waals surface area contributed by atoms with Gasteiger partial charge in [0.25, 0.3) is 0 Å². The van der Waals surface area contributed by atoms with Gasteiger partial charge in [-0.1, -0.05) is 6.92 Å². The third kappa shape index (κ3) is 1.22. The molecule has 0 saturated carbocycles. The van der Waals surface area contributed by atoms with Crippen molar-refractivity contribution < 1.29 is 9.53 Å². The molecule has 0 aromatic carbocycles. The van der Waals surface area contributed by atoms with Crippen LogP contribution in [0, 0.1) is 5.92 Å². The Hall–Kier alpha value is -0.530. The first-order chi connectivity index (χ1) is 3.79. The second kappa shape index (κ2) is 2.16. The highest BCUT2D eigenvalue weighted by atomic mass is 16.5. The molecule has 0 bridgehead atoms. The lowest BCUT2D eigenvalue weighted by atomic mass is 10.0. The van der Waals surface area contributed by atoms with Crippen molar-refractivity contribution >= 4 is 5.97 Å². The maximum Gasteiger partial charge on any atom is 0.306 e. The molecule has 1 saturated heterocycles. The molecule has 0 N–H and O–H groups in total. The minimum atomic E-state index is -0.0382. The number of esters is 1. The molecule has 0 unspecified atom stereocenters. The Morgan fingerprint density at radius 2 is 2.50 bits per heavy atom. The Morgan fingerprint density at radius 3 is 2.88 bits per heavy atom. The van der Waals surface area contributed by atoms with E-state index < -0.39 is 0 Å². The Bertz CT molecular complexity index is 98.7. The number of carbonyl (C=O) groups excluding carboxylic acids is 1. The predicted octanol–water partition coefficient (Wildman–Crippen LogP) is 0.960. The summed E-state index contributed by atoms with van der Waals surface area (Å²) in [6.07, 6.45) is 1.64. The second-order valence-electron chi connectivity index (χ2n) is 2.32. The fourth-order valence-corrected chi connectivity index (χ4v) is 0.819. The van der Waals surface area contributed by atoms with Crippen molar-refractivity contribution in [2.75, 3.05) is 6.61 Å². The number of ether oxygens (including phenoxy) is 1. The number of carbonyl (C=O) groups is 1. The molecule has 1 aliphatic rings. The van der Waals surface area contributed by atoms with Crippen LogP contribution in [-0.4, -0.2) is 12.6 Å². The van der Waals surface area contributed by atoms with Gasteiger partial charge in [-0.15, -0.1) is 0 Å². The van der Waals surface area contributed by atoms with Crippen molar-refractivity contribution in [1.82, 2.24) is 0 Å². The zero-order valence-electron chi connectivity index (χ0n) is 5.02. The first kappa shape index (κ1) is 5.60. The molecule has 0 amide bonds. The zero-order chi connectivity index (χ0) is 5.98. The lowest BCUT2D eigenvalue weighted by molar-refractivity contribution is -0.148. The molecular formula is C6H10O2. The van der Waals surface area contributed by atoms with Gasteiger partial charge in [0.1, 0.15) is 0 Å². The Morgan fingerprint density at radius 1 is 1.75 bits per heavy atom. The van der Waals surface area contributed by atoms with E-state index in [1.807, 2.05) is 0 Å². The van der Waals surface area contributed by atoms with Gasteiger partial charge in [-0.05, 0) is 12.3 Å². The maximum atomic E-state index is 10.5. The summed E-state index contributed by atoms with van der Waals surface area (Å²) in [5, 5.41) is 0. The molecule has 2 nitrogen and oxygen atoms in total. The fourth-order valence-electron chi connectivity index (χ4n) is 0.819. The maximum absolute atomic E-state index is 10.5. The molecule has 0 aliphatic carbocycles. The summed E-state index contributed by atoms with van der Waals surface area (Å²) in [6.45, 7) is 2.69. The third-order valence-electron chi connectivity index (χ3n) is 1.39. The summed E-state index contributed by atoms with van der Waals surface area (Å²) >= 11 is 0. The van der Waals surface area contributed by atoms with Crippen LogP contribution in [0.2, 0.25) is 0 Å². The largest absolute Gasteiger partial charge is 0.466 e. The number of hydrogen-bond donors (Lipinski definition) is 0. The van der Waals surface area contributed by atoms with E-state index in [4.69, 9.17) is 4.74 Å². The van der Waals surface area contributed by atoms with E-state index in [0.29, 0.717) is 18.9 Å². The molecule has 0 radical (unpaired) electrons. The van der Waals surface area contributed by atoms with Crippen LogP contribution >= 0.6 is 0 Å². The standard InChI is InChI=1S/C6H10O2/c1-5-2-3-8-6(7)4-5/h5H,2-4H2,1H3/t5-/m1/s1. The smallest absolute Gasteiger partial charge is 0.306 e. The van der Waals surface area contributed by atoms with Gasteiger partial charge in [0.2, 0.25) is 0 Å². The van der Waals surface area contributed by atoms with E-state index in [9.17, 15) is 4.79 Å². The van der Waals surface area contributed by atoms with E-state index in [2.05, 4.69) is 6.92 Å². The topological polar surface area (TPSA) is 26.3 Å². The molecule has 46 valence electrons. The molecular weight excluding hydrogens is 104 g/mol. The summed E-state index contributed by atoms with van der Waals surface area (Å²) in [4.78, 5) is 10.5. The first-order valence-electron chi connectivity index (χ1n) is 2.94. The number of rotatable bonds is 0. The zero-order valence-corrected chi connectivity index (χ0v) is 5.02. The van der Waals surface area contributed by atoms with E-state index in [-0.39, 0.29) is 5.97 Å². The molecule has 0 spiro atoms. The van der Waals surface area contributed by atoms with Crippen molar-refractivity contribution in [3.8, 4) is 0 Å². The van der Waals surface area contributed by atoms with Gasteiger partial charge in [0.15, 0.2) is 0 Å². The molecule has 8 heavy (non-hydrogen) atoms. The predicted molar refractivity (Wildman–Crippen MR) is 29.4 cm³/mol. The van der Waals surface area contributed by atoms with Crippen LogP contribution in [0.25, 0.3) is 0 Å². The fraction of sp³-hybridized carbons (Fsp3) is 0.833. The molecule has 0 aromatic heterocycles. The summed E-state index contributed by atoms with van der Waals surface area (Å²) < 4.78 is 4.71. The van der Waals surface area contributed by atoms with Crippen LogP contribution in [0.4, 0.5) is 0 Å². The lowest BCUT2D eigenvalue weighted by Gasteiger charge is -2.16. The first-order valence-corrected chi connectivity index (χ1v) is 2.94.